The van der Waals surface area contributed by atoms with Gasteiger partial charge in [0, 0.05) is 18.7 Å². The zero-order valence-corrected chi connectivity index (χ0v) is 13.1. The zero-order valence-electron chi connectivity index (χ0n) is 13.1. The van der Waals surface area contributed by atoms with Crippen molar-refractivity contribution in [2.45, 2.75) is 48.0 Å². The number of hydrogen-bond acceptors (Lipinski definition) is 3. The van der Waals surface area contributed by atoms with Gasteiger partial charge >= 0.3 is 0 Å². The summed E-state index contributed by atoms with van der Waals surface area (Å²) < 4.78 is 0. The number of hydrogen-bond donors (Lipinski definition) is 1. The molecule has 0 aliphatic rings. The highest BCUT2D eigenvalue weighted by molar-refractivity contribution is 5.57. The van der Waals surface area contributed by atoms with E-state index in [9.17, 15) is 4.79 Å². The van der Waals surface area contributed by atoms with Crippen molar-refractivity contribution in [3.8, 4) is 0 Å². The highest BCUT2D eigenvalue weighted by Crippen LogP contribution is 2.14. The molecule has 3 nitrogen and oxygen atoms in total. The van der Waals surface area contributed by atoms with Crippen LogP contribution in [0.15, 0.2) is 29.0 Å². The molecule has 0 aliphatic heterocycles. The fraction of sp³-hybridized carbons (Fsp3) is 0.600. The minimum absolute atomic E-state index is 0.0972. The molecule has 0 aromatic carbocycles. The molecule has 0 unspecified atom stereocenters. The summed E-state index contributed by atoms with van der Waals surface area (Å²) in [6, 6.07) is 0. The van der Waals surface area contributed by atoms with Crippen LogP contribution >= 0.6 is 0 Å². The Bertz CT molecular complexity index is 253. The van der Waals surface area contributed by atoms with Crippen LogP contribution in [0.2, 0.25) is 0 Å². The van der Waals surface area contributed by atoms with Gasteiger partial charge in [-0.25, -0.2) is 0 Å². The monoisotopic (exact) mass is 254 g/mol. The summed E-state index contributed by atoms with van der Waals surface area (Å²) in [5, 5.41) is 2.94. The first-order valence-corrected chi connectivity index (χ1v) is 6.40. The lowest BCUT2D eigenvalue weighted by Crippen LogP contribution is -2.09. The average molecular weight is 254 g/mol. The van der Waals surface area contributed by atoms with Gasteiger partial charge in [-0.05, 0) is 26.1 Å². The highest BCUT2D eigenvalue weighted by atomic mass is 16.1. The summed E-state index contributed by atoms with van der Waals surface area (Å²) in [5.41, 5.74) is 0.868. The number of carbonyl (C=O) groups is 1. The first-order valence-electron chi connectivity index (χ1n) is 6.40. The van der Waals surface area contributed by atoms with Gasteiger partial charge in [0.1, 0.15) is 6.29 Å². The van der Waals surface area contributed by atoms with Crippen molar-refractivity contribution in [2.75, 3.05) is 7.05 Å². The first-order chi connectivity index (χ1) is 8.47. The second-order valence-electron chi connectivity index (χ2n) is 3.98. The fourth-order valence-electron chi connectivity index (χ4n) is 0.552. The number of carbonyl (C=O) groups excluding carboxylic acids is 1. The Morgan fingerprint density at radius 1 is 1.39 bits per heavy atom. The average Bonchev–Trinajstić information content (AvgIpc) is 2.41. The third-order valence-corrected chi connectivity index (χ3v) is 2.10. The molecular weight excluding hydrogens is 224 g/mol. The van der Waals surface area contributed by atoms with E-state index >= 15 is 0 Å². The Hall–Kier alpha value is -1.38. The lowest BCUT2D eigenvalue weighted by atomic mass is 9.93. The molecule has 3 heteroatoms. The van der Waals surface area contributed by atoms with Crippen molar-refractivity contribution >= 4 is 13.0 Å². The van der Waals surface area contributed by atoms with E-state index in [2.05, 4.69) is 17.0 Å². The molecule has 0 spiro atoms. The fourth-order valence-corrected chi connectivity index (χ4v) is 0.552. The Labute approximate surface area is 113 Å². The summed E-state index contributed by atoms with van der Waals surface area (Å²) in [7, 11) is 1.84. The lowest BCUT2D eigenvalue weighted by molar-refractivity contribution is -0.114. The standard InChI is InChI=1S/C7H12N2.C6H12O.C2H6/c1-4-5-7(9-3)6-8-2;1-4-6(2,3)5-7;1-2/h4-6,9H,2H2,1,3H3;5H,4H2,1-3H3;1-2H3/b5-4-,7-6+;;. The SMILES string of the molecule is C=N/C=C(\C=C/C)NC.CC.CCC(C)(C)C=O. The molecule has 0 amide bonds. The maximum Gasteiger partial charge on any atom is 0.125 e. The molecule has 0 saturated heterocycles. The van der Waals surface area contributed by atoms with E-state index in [-0.39, 0.29) is 5.41 Å². The zero-order chi connectivity index (χ0) is 15.0. The molecule has 0 rings (SSSR count). The van der Waals surface area contributed by atoms with E-state index in [1.54, 1.807) is 6.20 Å². The number of nitrogens with zero attached hydrogens (tertiary/aromatic N) is 1. The lowest BCUT2D eigenvalue weighted by Gasteiger charge is -2.10. The van der Waals surface area contributed by atoms with Gasteiger partial charge in [0.15, 0.2) is 0 Å². The molecule has 0 aromatic rings. The molecule has 0 atom stereocenters. The number of rotatable bonds is 5. The van der Waals surface area contributed by atoms with Crippen LogP contribution < -0.4 is 5.32 Å². The minimum atomic E-state index is -0.0972. The Kier molecular flexibility index (Phi) is 19.0. The molecule has 106 valence electrons. The topological polar surface area (TPSA) is 41.5 Å². The van der Waals surface area contributed by atoms with Crippen LogP contribution in [-0.4, -0.2) is 20.1 Å². The molecule has 0 bridgehead atoms. The molecular formula is C15H30N2O. The third kappa shape index (κ3) is 17.0. The van der Waals surface area contributed by atoms with Crippen LogP contribution in [0.5, 0.6) is 0 Å². The van der Waals surface area contributed by atoms with Gasteiger partial charge < -0.3 is 10.1 Å². The molecule has 0 aliphatic carbocycles. The van der Waals surface area contributed by atoms with Gasteiger partial charge in [0.2, 0.25) is 0 Å². The Balaban J connectivity index is -0.000000225. The van der Waals surface area contributed by atoms with Gasteiger partial charge in [0.25, 0.3) is 0 Å². The van der Waals surface area contributed by atoms with Gasteiger partial charge in [0.05, 0.1) is 5.70 Å². The maximum absolute atomic E-state index is 10.1. The van der Waals surface area contributed by atoms with Crippen molar-refractivity contribution in [1.82, 2.24) is 5.32 Å². The number of allylic oxidation sites excluding steroid dienone is 2. The van der Waals surface area contributed by atoms with Gasteiger partial charge in [-0.3, -0.25) is 4.99 Å². The maximum atomic E-state index is 10.1. The van der Waals surface area contributed by atoms with Crippen LogP contribution in [0.1, 0.15) is 48.0 Å². The Morgan fingerprint density at radius 3 is 2.06 bits per heavy atom. The molecule has 0 heterocycles. The summed E-state index contributed by atoms with van der Waals surface area (Å²) >= 11 is 0. The van der Waals surface area contributed by atoms with E-state index in [0.717, 1.165) is 18.4 Å². The van der Waals surface area contributed by atoms with Gasteiger partial charge in [-0.15, -0.1) is 0 Å². The predicted molar refractivity (Wildman–Crippen MR) is 83.0 cm³/mol. The molecule has 18 heavy (non-hydrogen) atoms. The van der Waals surface area contributed by atoms with Crippen molar-refractivity contribution in [2.24, 2.45) is 10.4 Å². The van der Waals surface area contributed by atoms with Crippen molar-refractivity contribution in [1.29, 1.82) is 0 Å². The number of aldehydes is 1. The summed E-state index contributed by atoms with van der Waals surface area (Å²) in [4.78, 5) is 13.7. The summed E-state index contributed by atoms with van der Waals surface area (Å²) in [5.74, 6) is 0. The van der Waals surface area contributed by atoms with E-state index in [1.807, 2.05) is 60.7 Å². The largest absolute Gasteiger partial charge is 0.387 e. The highest BCUT2D eigenvalue weighted by Gasteiger charge is 2.11. The number of likely N-dealkylation sites (N-methyl/N-ethyl adjacent to an activating group) is 1. The van der Waals surface area contributed by atoms with E-state index < -0.39 is 0 Å². The van der Waals surface area contributed by atoms with Gasteiger partial charge in [-0.2, -0.15) is 0 Å². The smallest absolute Gasteiger partial charge is 0.125 e. The summed E-state index contributed by atoms with van der Waals surface area (Å²) in [6.45, 7) is 15.2. The van der Waals surface area contributed by atoms with E-state index in [0.29, 0.717) is 0 Å². The normalized spacial score (nSPS) is 10.7. The second kappa shape index (κ2) is 15.6. The van der Waals surface area contributed by atoms with Gasteiger partial charge in [-0.1, -0.05) is 40.7 Å². The van der Waals surface area contributed by atoms with E-state index in [1.165, 1.54) is 0 Å². The quantitative estimate of drug-likeness (QED) is 0.458. The van der Waals surface area contributed by atoms with Crippen LogP contribution in [0.4, 0.5) is 0 Å². The van der Waals surface area contributed by atoms with Crippen molar-refractivity contribution in [3.05, 3.63) is 24.0 Å². The molecule has 0 fully saturated rings. The Morgan fingerprint density at radius 2 is 1.89 bits per heavy atom. The molecule has 0 aromatic heterocycles. The summed E-state index contributed by atoms with van der Waals surface area (Å²) in [6.07, 6.45) is 7.45. The second-order valence-corrected chi connectivity index (χ2v) is 3.98. The predicted octanol–water partition coefficient (Wildman–Crippen LogP) is 3.97. The molecule has 0 radical (unpaired) electrons. The van der Waals surface area contributed by atoms with Crippen LogP contribution in [0.3, 0.4) is 0 Å². The van der Waals surface area contributed by atoms with Crippen LogP contribution in [-0.2, 0) is 4.79 Å². The molecule has 0 saturated carbocycles. The first kappa shape index (κ1) is 21.9. The minimum Gasteiger partial charge on any atom is -0.387 e. The van der Waals surface area contributed by atoms with E-state index in [4.69, 9.17) is 0 Å². The van der Waals surface area contributed by atoms with Crippen molar-refractivity contribution < 1.29 is 4.79 Å². The number of aliphatic imine (C=N–C) groups is 1. The molecule has 1 N–H and O–H groups in total. The van der Waals surface area contributed by atoms with Crippen LogP contribution in [0.25, 0.3) is 0 Å². The van der Waals surface area contributed by atoms with Crippen molar-refractivity contribution in [3.63, 3.8) is 0 Å². The number of nitrogens with one attached hydrogen (secondary N) is 1. The third-order valence-electron chi connectivity index (χ3n) is 2.10. The van der Waals surface area contributed by atoms with Crippen LogP contribution in [0, 0.1) is 5.41 Å².